The molecule has 0 aliphatic rings. The molecule has 1 N–H and O–H groups in total. The highest BCUT2D eigenvalue weighted by molar-refractivity contribution is 7.93. The minimum atomic E-state index is -4.16. The third-order valence-electron chi connectivity index (χ3n) is 3.81. The van der Waals surface area contributed by atoms with Gasteiger partial charge in [0.1, 0.15) is 10.7 Å². The second kappa shape index (κ2) is 6.41. The second-order valence-corrected chi connectivity index (χ2v) is 7.60. The largest absolute Gasteiger partial charge is 0.478 e. The van der Waals surface area contributed by atoms with Gasteiger partial charge in [-0.3, -0.25) is 4.31 Å². The zero-order valence-corrected chi connectivity index (χ0v) is 14.7. The van der Waals surface area contributed by atoms with Crippen molar-refractivity contribution in [2.45, 2.75) is 18.7 Å². The van der Waals surface area contributed by atoms with Gasteiger partial charge in [-0.25, -0.2) is 17.6 Å². The van der Waals surface area contributed by atoms with E-state index in [2.05, 4.69) is 0 Å². The molecular formula is C16H15ClFNO4S. The molecule has 2 aromatic carbocycles. The topological polar surface area (TPSA) is 74.7 Å². The van der Waals surface area contributed by atoms with Crippen molar-refractivity contribution in [3.63, 3.8) is 0 Å². The zero-order chi connectivity index (χ0) is 18.2. The first-order chi connectivity index (χ1) is 11.1. The molecule has 0 unspecified atom stereocenters. The van der Waals surface area contributed by atoms with Crippen LogP contribution in [-0.2, 0) is 10.0 Å². The minimum Gasteiger partial charge on any atom is -0.478 e. The molecule has 0 bridgehead atoms. The van der Waals surface area contributed by atoms with Gasteiger partial charge < -0.3 is 5.11 Å². The molecule has 0 aliphatic carbocycles. The van der Waals surface area contributed by atoms with Crippen molar-refractivity contribution in [2.75, 3.05) is 11.4 Å². The lowest BCUT2D eigenvalue weighted by Crippen LogP contribution is -2.28. The number of hydrogen-bond donors (Lipinski definition) is 1. The average Bonchev–Trinajstić information content (AvgIpc) is 2.48. The number of carboxylic acid groups (broad SMARTS) is 1. The SMILES string of the molecule is Cc1cccc(N(C)S(=O)(=O)c2cc(C(=O)O)c(F)cc2Cl)c1C. The molecule has 0 fully saturated rings. The monoisotopic (exact) mass is 371 g/mol. The molecule has 2 rings (SSSR count). The summed E-state index contributed by atoms with van der Waals surface area (Å²) >= 11 is 5.85. The molecule has 0 aliphatic heterocycles. The number of aryl methyl sites for hydroxylation is 1. The van der Waals surface area contributed by atoms with Crippen LogP contribution in [0.3, 0.4) is 0 Å². The smallest absolute Gasteiger partial charge is 0.338 e. The molecule has 0 saturated carbocycles. The number of rotatable bonds is 4. The van der Waals surface area contributed by atoms with Crippen LogP contribution >= 0.6 is 11.6 Å². The Morgan fingerprint density at radius 1 is 1.25 bits per heavy atom. The van der Waals surface area contributed by atoms with Gasteiger partial charge in [0.2, 0.25) is 0 Å². The molecule has 2 aromatic rings. The lowest BCUT2D eigenvalue weighted by atomic mass is 10.1. The van der Waals surface area contributed by atoms with E-state index in [4.69, 9.17) is 16.7 Å². The van der Waals surface area contributed by atoms with Crippen molar-refractivity contribution in [2.24, 2.45) is 0 Å². The Labute approximate surface area is 144 Å². The van der Waals surface area contributed by atoms with E-state index in [1.165, 1.54) is 7.05 Å². The molecule has 128 valence electrons. The minimum absolute atomic E-state index is 0.380. The van der Waals surface area contributed by atoms with E-state index in [1.54, 1.807) is 19.1 Å². The highest BCUT2D eigenvalue weighted by Crippen LogP contribution is 2.31. The molecule has 0 saturated heterocycles. The van der Waals surface area contributed by atoms with Crippen LogP contribution in [0.1, 0.15) is 21.5 Å². The van der Waals surface area contributed by atoms with Crippen molar-refractivity contribution in [3.8, 4) is 0 Å². The fraction of sp³-hybridized carbons (Fsp3) is 0.188. The summed E-state index contributed by atoms with van der Waals surface area (Å²) in [6, 6.07) is 6.59. The van der Waals surface area contributed by atoms with Gasteiger partial charge in [0, 0.05) is 7.05 Å². The van der Waals surface area contributed by atoms with E-state index < -0.39 is 32.3 Å². The van der Waals surface area contributed by atoms with Crippen molar-refractivity contribution in [3.05, 3.63) is 57.9 Å². The second-order valence-electron chi connectivity index (χ2n) is 5.26. The van der Waals surface area contributed by atoms with Crippen molar-refractivity contribution >= 4 is 33.3 Å². The lowest BCUT2D eigenvalue weighted by Gasteiger charge is -2.23. The van der Waals surface area contributed by atoms with Crippen molar-refractivity contribution in [1.29, 1.82) is 0 Å². The zero-order valence-electron chi connectivity index (χ0n) is 13.2. The Balaban J connectivity index is 2.64. The summed E-state index contributed by atoms with van der Waals surface area (Å²) in [6.45, 7) is 3.61. The number of hydrogen-bond acceptors (Lipinski definition) is 3. The van der Waals surface area contributed by atoms with Gasteiger partial charge in [0.25, 0.3) is 10.0 Å². The number of nitrogens with zero attached hydrogens (tertiary/aromatic N) is 1. The van der Waals surface area contributed by atoms with Crippen LogP contribution in [0.25, 0.3) is 0 Å². The molecule has 0 radical (unpaired) electrons. The first kappa shape index (κ1) is 18.2. The van der Waals surface area contributed by atoms with Crippen LogP contribution in [0, 0.1) is 19.7 Å². The summed E-state index contributed by atoms with van der Waals surface area (Å²) < 4.78 is 40.3. The molecule has 8 heteroatoms. The number of carboxylic acids is 1. The fourth-order valence-corrected chi connectivity index (χ4v) is 4.01. The Bertz CT molecular complexity index is 928. The van der Waals surface area contributed by atoms with Gasteiger partial charge in [-0.15, -0.1) is 0 Å². The van der Waals surface area contributed by atoms with Crippen molar-refractivity contribution < 1.29 is 22.7 Å². The number of anilines is 1. The molecule has 0 amide bonds. The Kier molecular flexibility index (Phi) is 4.87. The quantitative estimate of drug-likeness (QED) is 0.890. The highest BCUT2D eigenvalue weighted by atomic mass is 35.5. The summed E-state index contributed by atoms with van der Waals surface area (Å²) in [5.41, 5.74) is 1.31. The summed E-state index contributed by atoms with van der Waals surface area (Å²) in [7, 11) is -2.83. The first-order valence-electron chi connectivity index (χ1n) is 6.85. The van der Waals surface area contributed by atoms with Crippen LogP contribution in [-0.4, -0.2) is 26.5 Å². The van der Waals surface area contributed by atoms with Crippen LogP contribution in [0.5, 0.6) is 0 Å². The third-order valence-corrected chi connectivity index (χ3v) is 6.04. The normalized spacial score (nSPS) is 11.4. The summed E-state index contributed by atoms with van der Waals surface area (Å²) in [4.78, 5) is 10.6. The Morgan fingerprint density at radius 3 is 2.46 bits per heavy atom. The maximum Gasteiger partial charge on any atom is 0.338 e. The van der Waals surface area contributed by atoms with E-state index in [9.17, 15) is 17.6 Å². The van der Waals surface area contributed by atoms with Crippen molar-refractivity contribution in [1.82, 2.24) is 0 Å². The number of aromatic carboxylic acids is 1. The predicted molar refractivity (Wildman–Crippen MR) is 89.9 cm³/mol. The van der Waals surface area contributed by atoms with Gasteiger partial charge >= 0.3 is 5.97 Å². The van der Waals surface area contributed by atoms with E-state index in [0.717, 1.165) is 21.5 Å². The van der Waals surface area contributed by atoms with Crippen LogP contribution in [0.15, 0.2) is 35.2 Å². The molecule has 0 heterocycles. The van der Waals surface area contributed by atoms with E-state index >= 15 is 0 Å². The lowest BCUT2D eigenvalue weighted by molar-refractivity contribution is 0.0691. The van der Waals surface area contributed by atoms with Crippen LogP contribution in [0.2, 0.25) is 5.02 Å². The van der Waals surface area contributed by atoms with Gasteiger partial charge in [0.15, 0.2) is 0 Å². The summed E-state index contributed by atoms with van der Waals surface area (Å²) in [6.07, 6.45) is 0. The van der Waals surface area contributed by atoms with Gasteiger partial charge in [-0.1, -0.05) is 23.7 Å². The third kappa shape index (κ3) is 3.09. The highest BCUT2D eigenvalue weighted by Gasteiger charge is 2.28. The maximum absolute atomic E-state index is 13.6. The fourth-order valence-electron chi connectivity index (χ4n) is 2.24. The number of sulfonamides is 1. The Hall–Kier alpha value is -2.12. The summed E-state index contributed by atoms with van der Waals surface area (Å²) in [5.74, 6) is -2.67. The molecule has 5 nitrogen and oxygen atoms in total. The number of halogens is 2. The van der Waals surface area contributed by atoms with Crippen LogP contribution in [0.4, 0.5) is 10.1 Å². The maximum atomic E-state index is 13.6. The predicted octanol–water partition coefficient (Wildman–Crippen LogP) is 3.62. The number of carbonyl (C=O) groups is 1. The number of benzene rings is 2. The van der Waals surface area contributed by atoms with Gasteiger partial charge in [0.05, 0.1) is 16.3 Å². The van der Waals surface area contributed by atoms with Gasteiger partial charge in [-0.05, 0) is 43.2 Å². The van der Waals surface area contributed by atoms with E-state index in [1.807, 2.05) is 13.0 Å². The standard InChI is InChI=1S/C16H15ClFNO4S/c1-9-5-4-6-14(10(9)2)19(3)24(22,23)15-7-11(16(20)21)13(18)8-12(15)17/h4-8H,1-3H3,(H,20,21). The van der Waals surface area contributed by atoms with Crippen LogP contribution < -0.4 is 4.31 Å². The molecular weight excluding hydrogens is 357 g/mol. The molecule has 0 atom stereocenters. The van der Waals surface area contributed by atoms with E-state index in [0.29, 0.717) is 11.8 Å². The van der Waals surface area contributed by atoms with Gasteiger partial charge in [-0.2, -0.15) is 0 Å². The van der Waals surface area contributed by atoms with E-state index in [-0.39, 0.29) is 5.02 Å². The average molecular weight is 372 g/mol. The summed E-state index contributed by atoms with van der Waals surface area (Å²) in [5, 5.41) is 8.61. The first-order valence-corrected chi connectivity index (χ1v) is 8.66. The molecule has 0 spiro atoms. The Morgan fingerprint density at radius 2 is 1.88 bits per heavy atom. The molecule has 0 aromatic heterocycles. The molecule has 24 heavy (non-hydrogen) atoms.